The van der Waals surface area contributed by atoms with Crippen molar-refractivity contribution in [2.75, 3.05) is 0 Å². The first-order chi connectivity index (χ1) is 10.2. The summed E-state index contributed by atoms with van der Waals surface area (Å²) >= 11 is 0. The summed E-state index contributed by atoms with van der Waals surface area (Å²) < 4.78 is 2.28. The zero-order valence-corrected chi connectivity index (χ0v) is 12.9. The van der Waals surface area contributed by atoms with Gasteiger partial charge in [-0.25, -0.2) is 0 Å². The van der Waals surface area contributed by atoms with E-state index in [4.69, 9.17) is 0 Å². The maximum Gasteiger partial charge on any atom is 0.197 e. The highest BCUT2D eigenvalue weighted by atomic mass is 16.1. The van der Waals surface area contributed by atoms with Gasteiger partial charge in [0.15, 0.2) is 5.43 Å². The van der Waals surface area contributed by atoms with E-state index in [1.54, 1.807) is 0 Å². The number of rotatable bonds is 3. The summed E-state index contributed by atoms with van der Waals surface area (Å²) in [6.45, 7) is 7.31. The Labute approximate surface area is 125 Å². The molecule has 0 amide bonds. The average molecular weight is 279 g/mol. The molecule has 0 saturated carbocycles. The Hall–Kier alpha value is -2.09. The number of benzene rings is 2. The van der Waals surface area contributed by atoms with Crippen molar-refractivity contribution in [2.24, 2.45) is 0 Å². The van der Waals surface area contributed by atoms with Gasteiger partial charge in [-0.3, -0.25) is 4.79 Å². The van der Waals surface area contributed by atoms with Crippen molar-refractivity contribution < 1.29 is 0 Å². The first kappa shape index (κ1) is 13.9. The van der Waals surface area contributed by atoms with Crippen LogP contribution in [0.2, 0.25) is 0 Å². The van der Waals surface area contributed by atoms with Gasteiger partial charge >= 0.3 is 0 Å². The summed E-state index contributed by atoms with van der Waals surface area (Å²) in [5.74, 6) is 0. The van der Waals surface area contributed by atoms with Gasteiger partial charge in [0.1, 0.15) is 0 Å². The zero-order valence-electron chi connectivity index (χ0n) is 12.9. The fourth-order valence-corrected chi connectivity index (χ4v) is 3.22. The number of hydrogen-bond donors (Lipinski definition) is 0. The van der Waals surface area contributed by atoms with Crippen LogP contribution in [0.4, 0.5) is 0 Å². The lowest BCUT2D eigenvalue weighted by Gasteiger charge is -2.17. The van der Waals surface area contributed by atoms with E-state index in [1.807, 2.05) is 24.3 Å². The van der Waals surface area contributed by atoms with Crippen LogP contribution >= 0.6 is 0 Å². The molecule has 108 valence electrons. The lowest BCUT2D eigenvalue weighted by Crippen LogP contribution is -2.13. The van der Waals surface area contributed by atoms with E-state index in [1.165, 1.54) is 11.1 Å². The van der Waals surface area contributed by atoms with Crippen molar-refractivity contribution in [1.29, 1.82) is 0 Å². The third-order valence-corrected chi connectivity index (χ3v) is 4.31. The van der Waals surface area contributed by atoms with Crippen molar-refractivity contribution in [3.63, 3.8) is 0 Å². The lowest BCUT2D eigenvalue weighted by atomic mass is 9.99. The Morgan fingerprint density at radius 3 is 2.38 bits per heavy atom. The van der Waals surface area contributed by atoms with Crippen LogP contribution in [0, 0.1) is 0 Å². The van der Waals surface area contributed by atoms with E-state index >= 15 is 0 Å². The molecule has 3 rings (SSSR count). The monoisotopic (exact) mass is 279 g/mol. The Bertz CT molecular complexity index is 874. The molecule has 2 heteroatoms. The van der Waals surface area contributed by atoms with Gasteiger partial charge in [-0.2, -0.15) is 0 Å². The molecule has 0 spiro atoms. The van der Waals surface area contributed by atoms with Crippen molar-refractivity contribution in [3.05, 3.63) is 57.7 Å². The molecular weight excluding hydrogens is 258 g/mol. The number of aryl methyl sites for hydroxylation is 3. The Morgan fingerprint density at radius 1 is 0.952 bits per heavy atom. The summed E-state index contributed by atoms with van der Waals surface area (Å²) in [6, 6.07) is 12.3. The molecule has 0 unspecified atom stereocenters. The lowest BCUT2D eigenvalue weighted by molar-refractivity contribution is 0.815. The van der Waals surface area contributed by atoms with E-state index < -0.39 is 0 Å². The zero-order chi connectivity index (χ0) is 15.0. The van der Waals surface area contributed by atoms with Crippen LogP contribution in [0.1, 0.15) is 31.9 Å². The third-order valence-electron chi connectivity index (χ3n) is 4.31. The molecule has 0 fully saturated rings. The normalized spacial score (nSPS) is 11.4. The van der Waals surface area contributed by atoms with Crippen LogP contribution in [-0.2, 0) is 19.4 Å². The first-order valence-corrected chi connectivity index (χ1v) is 7.78. The van der Waals surface area contributed by atoms with Gasteiger partial charge in [0, 0.05) is 17.3 Å². The number of hydrogen-bond acceptors (Lipinski definition) is 1. The van der Waals surface area contributed by atoms with Crippen molar-refractivity contribution in [3.8, 4) is 0 Å². The molecule has 0 radical (unpaired) electrons. The van der Waals surface area contributed by atoms with Crippen LogP contribution < -0.4 is 5.43 Å². The molecule has 2 aromatic carbocycles. The van der Waals surface area contributed by atoms with E-state index in [2.05, 4.69) is 37.5 Å². The highest BCUT2D eigenvalue weighted by Crippen LogP contribution is 2.24. The molecule has 0 bridgehead atoms. The van der Waals surface area contributed by atoms with E-state index in [0.717, 1.165) is 41.2 Å². The molecule has 0 aliphatic carbocycles. The van der Waals surface area contributed by atoms with Crippen molar-refractivity contribution in [1.82, 2.24) is 4.57 Å². The fourth-order valence-electron chi connectivity index (χ4n) is 3.22. The summed E-state index contributed by atoms with van der Waals surface area (Å²) in [6.07, 6.45) is 1.91. The molecule has 21 heavy (non-hydrogen) atoms. The highest BCUT2D eigenvalue weighted by Gasteiger charge is 2.13. The molecule has 3 aromatic rings. The van der Waals surface area contributed by atoms with Crippen molar-refractivity contribution in [2.45, 2.75) is 40.2 Å². The van der Waals surface area contributed by atoms with Crippen LogP contribution in [0.15, 0.2) is 41.2 Å². The van der Waals surface area contributed by atoms with Gasteiger partial charge in [0.2, 0.25) is 0 Å². The van der Waals surface area contributed by atoms with Crippen LogP contribution in [0.25, 0.3) is 21.8 Å². The van der Waals surface area contributed by atoms with Crippen LogP contribution in [0.5, 0.6) is 0 Å². The number of fused-ring (bicyclic) bond motifs is 2. The van der Waals surface area contributed by atoms with Crippen molar-refractivity contribution >= 4 is 21.8 Å². The largest absolute Gasteiger partial charge is 0.340 e. The first-order valence-electron chi connectivity index (χ1n) is 7.78. The third kappa shape index (κ3) is 2.06. The molecule has 0 aliphatic rings. The molecule has 0 N–H and O–H groups in total. The topological polar surface area (TPSA) is 22.0 Å². The second-order valence-electron chi connectivity index (χ2n) is 5.45. The van der Waals surface area contributed by atoms with Gasteiger partial charge in [0.05, 0.1) is 11.0 Å². The molecule has 0 saturated heterocycles. The van der Waals surface area contributed by atoms with Gasteiger partial charge < -0.3 is 4.57 Å². The standard InChI is InChI=1S/C19H21NO/c1-4-13-11-14(5-2)18-16(12-13)19(21)15-9-7-8-10-17(15)20(18)6-3/h7-12H,4-6H2,1-3H3. The number of aromatic nitrogens is 1. The van der Waals surface area contributed by atoms with Crippen LogP contribution in [0.3, 0.4) is 0 Å². The summed E-state index contributed by atoms with van der Waals surface area (Å²) in [7, 11) is 0. The summed E-state index contributed by atoms with van der Waals surface area (Å²) in [5, 5.41) is 1.69. The second kappa shape index (κ2) is 5.36. The predicted octanol–water partition coefficient (Wildman–Crippen LogP) is 4.30. The van der Waals surface area contributed by atoms with Gasteiger partial charge in [-0.1, -0.05) is 32.0 Å². The molecule has 0 atom stereocenters. The van der Waals surface area contributed by atoms with E-state index in [9.17, 15) is 4.79 Å². The Morgan fingerprint density at radius 2 is 1.71 bits per heavy atom. The molecular formula is C19H21NO. The Balaban J connectivity index is 2.62. The quantitative estimate of drug-likeness (QED) is 0.655. The van der Waals surface area contributed by atoms with Gasteiger partial charge in [0.25, 0.3) is 0 Å². The van der Waals surface area contributed by atoms with E-state index in [0.29, 0.717) is 0 Å². The minimum absolute atomic E-state index is 0.162. The SMILES string of the molecule is CCc1cc(CC)c2c(c1)c(=O)c1ccccc1n2CC. The maximum atomic E-state index is 12.9. The fraction of sp³-hybridized carbons (Fsp3) is 0.316. The van der Waals surface area contributed by atoms with Gasteiger partial charge in [-0.15, -0.1) is 0 Å². The summed E-state index contributed by atoms with van der Waals surface area (Å²) in [4.78, 5) is 12.9. The molecule has 1 aromatic heterocycles. The van der Waals surface area contributed by atoms with Crippen LogP contribution in [-0.4, -0.2) is 4.57 Å². The maximum absolute atomic E-state index is 12.9. The molecule has 2 nitrogen and oxygen atoms in total. The summed E-state index contributed by atoms with van der Waals surface area (Å²) in [5.41, 5.74) is 4.83. The average Bonchev–Trinajstić information content (AvgIpc) is 2.54. The minimum Gasteiger partial charge on any atom is -0.340 e. The number of para-hydroxylation sites is 1. The number of nitrogens with zero attached hydrogens (tertiary/aromatic N) is 1. The minimum atomic E-state index is 0.162. The number of pyridine rings is 1. The highest BCUT2D eigenvalue weighted by molar-refractivity contribution is 5.95. The smallest absolute Gasteiger partial charge is 0.197 e. The van der Waals surface area contributed by atoms with Gasteiger partial charge in [-0.05, 0) is 49.1 Å². The van der Waals surface area contributed by atoms with E-state index in [-0.39, 0.29) is 5.43 Å². The molecule has 0 aliphatic heterocycles. The molecule has 1 heterocycles. The predicted molar refractivity (Wildman–Crippen MR) is 90.1 cm³/mol. The second-order valence-corrected chi connectivity index (χ2v) is 5.45. The Kier molecular flexibility index (Phi) is 3.54.